The maximum atomic E-state index is 12.8. The van der Waals surface area contributed by atoms with Crippen molar-refractivity contribution < 1.29 is 19.1 Å². The van der Waals surface area contributed by atoms with Gasteiger partial charge in [-0.05, 0) is 30.5 Å². The Labute approximate surface area is 133 Å². The molecule has 1 heterocycles. The van der Waals surface area contributed by atoms with E-state index in [0.29, 0.717) is 32.4 Å². The number of benzene rings is 1. The number of rotatable bonds is 6. The lowest BCUT2D eigenvalue weighted by molar-refractivity contribution is -0.145. The molecule has 1 amide bonds. The third-order valence-electron chi connectivity index (χ3n) is 3.84. The zero-order chi connectivity index (χ0) is 15.9. The quantitative estimate of drug-likeness (QED) is 0.817. The maximum Gasteiger partial charge on any atom is 0.306 e. The van der Waals surface area contributed by atoms with Gasteiger partial charge in [-0.2, -0.15) is 11.8 Å². The summed E-state index contributed by atoms with van der Waals surface area (Å²) >= 11 is 1.65. The third-order valence-corrected chi connectivity index (χ3v) is 4.87. The van der Waals surface area contributed by atoms with Crippen LogP contribution in [0, 0.1) is 11.7 Å². The van der Waals surface area contributed by atoms with E-state index < -0.39 is 5.97 Å². The van der Waals surface area contributed by atoms with Crippen molar-refractivity contribution in [2.75, 3.05) is 18.8 Å². The number of carbonyl (C=O) groups is 2. The standard InChI is InChI=1S/C16H20FNO3S/c17-14-3-1-12(2-4-14)11-22-10-7-15(19)18-8-5-13(6-9-18)16(20)21/h1-4,13H,5-11H2,(H,20,21). The van der Waals surface area contributed by atoms with E-state index in [0.717, 1.165) is 17.1 Å². The molecule has 1 aliphatic rings. The van der Waals surface area contributed by atoms with Gasteiger partial charge >= 0.3 is 5.97 Å². The molecule has 0 saturated carbocycles. The summed E-state index contributed by atoms with van der Waals surface area (Å²) in [6, 6.07) is 6.38. The first-order valence-corrected chi connectivity index (χ1v) is 8.54. The number of hydrogen-bond acceptors (Lipinski definition) is 3. The molecule has 4 nitrogen and oxygen atoms in total. The molecule has 0 atom stereocenters. The van der Waals surface area contributed by atoms with Crippen LogP contribution in [-0.2, 0) is 15.3 Å². The lowest BCUT2D eigenvalue weighted by Gasteiger charge is -2.30. The predicted molar refractivity (Wildman–Crippen MR) is 84.1 cm³/mol. The first-order valence-electron chi connectivity index (χ1n) is 7.39. The number of carboxylic acid groups (broad SMARTS) is 1. The lowest BCUT2D eigenvalue weighted by Crippen LogP contribution is -2.40. The second kappa shape index (κ2) is 8.17. The maximum absolute atomic E-state index is 12.8. The van der Waals surface area contributed by atoms with Crippen molar-refractivity contribution in [3.05, 3.63) is 35.6 Å². The molecule has 1 fully saturated rings. The molecular formula is C16H20FNO3S. The van der Waals surface area contributed by atoms with Crippen LogP contribution < -0.4 is 0 Å². The van der Waals surface area contributed by atoms with Gasteiger partial charge in [0, 0.05) is 31.0 Å². The largest absolute Gasteiger partial charge is 0.481 e. The van der Waals surface area contributed by atoms with E-state index in [-0.39, 0.29) is 17.6 Å². The van der Waals surface area contributed by atoms with Crippen molar-refractivity contribution in [1.29, 1.82) is 0 Å². The van der Waals surface area contributed by atoms with E-state index in [2.05, 4.69) is 0 Å². The molecule has 0 spiro atoms. The van der Waals surface area contributed by atoms with E-state index in [9.17, 15) is 14.0 Å². The van der Waals surface area contributed by atoms with Crippen LogP contribution in [0.1, 0.15) is 24.8 Å². The van der Waals surface area contributed by atoms with Gasteiger partial charge in [-0.25, -0.2) is 4.39 Å². The van der Waals surface area contributed by atoms with Crippen LogP contribution in [0.25, 0.3) is 0 Å². The number of hydrogen-bond donors (Lipinski definition) is 1. The van der Waals surface area contributed by atoms with Gasteiger partial charge in [-0.1, -0.05) is 12.1 Å². The summed E-state index contributed by atoms with van der Waals surface area (Å²) < 4.78 is 12.8. The van der Waals surface area contributed by atoms with Gasteiger partial charge in [0.1, 0.15) is 5.82 Å². The molecule has 1 aromatic carbocycles. The average molecular weight is 325 g/mol. The van der Waals surface area contributed by atoms with Gasteiger partial charge in [0.05, 0.1) is 5.92 Å². The second-order valence-electron chi connectivity index (χ2n) is 5.42. The van der Waals surface area contributed by atoms with Crippen LogP contribution in [0.2, 0.25) is 0 Å². The van der Waals surface area contributed by atoms with Crippen LogP contribution in [-0.4, -0.2) is 40.7 Å². The van der Waals surface area contributed by atoms with E-state index in [4.69, 9.17) is 5.11 Å². The number of aliphatic carboxylic acids is 1. The Morgan fingerprint density at radius 2 is 1.86 bits per heavy atom. The van der Waals surface area contributed by atoms with Crippen molar-refractivity contribution in [2.24, 2.45) is 5.92 Å². The van der Waals surface area contributed by atoms with Crippen molar-refractivity contribution in [1.82, 2.24) is 4.90 Å². The van der Waals surface area contributed by atoms with E-state index in [1.807, 2.05) is 0 Å². The van der Waals surface area contributed by atoms with Gasteiger partial charge in [0.15, 0.2) is 0 Å². The molecule has 2 rings (SSSR count). The van der Waals surface area contributed by atoms with Crippen LogP contribution in [0.3, 0.4) is 0 Å². The SMILES string of the molecule is O=C(O)C1CCN(C(=O)CCSCc2ccc(F)cc2)CC1. The van der Waals surface area contributed by atoms with Crippen molar-refractivity contribution >= 4 is 23.6 Å². The Bertz CT molecular complexity index is 513. The highest BCUT2D eigenvalue weighted by Crippen LogP contribution is 2.19. The van der Waals surface area contributed by atoms with E-state index in [1.165, 1.54) is 12.1 Å². The molecule has 1 N–H and O–H groups in total. The molecule has 120 valence electrons. The van der Waals surface area contributed by atoms with Gasteiger partial charge in [-0.3, -0.25) is 9.59 Å². The highest BCUT2D eigenvalue weighted by atomic mass is 32.2. The van der Waals surface area contributed by atoms with E-state index >= 15 is 0 Å². The molecule has 0 aliphatic carbocycles. The normalized spacial score (nSPS) is 15.8. The van der Waals surface area contributed by atoms with Crippen LogP contribution in [0.15, 0.2) is 24.3 Å². The Balaban J connectivity index is 1.64. The van der Waals surface area contributed by atoms with Gasteiger partial charge < -0.3 is 10.0 Å². The molecule has 6 heteroatoms. The Kier molecular flexibility index (Phi) is 6.24. The van der Waals surface area contributed by atoms with Crippen LogP contribution in [0.4, 0.5) is 4.39 Å². The number of carboxylic acids is 1. The van der Waals surface area contributed by atoms with Gasteiger partial charge in [0.25, 0.3) is 0 Å². The first-order chi connectivity index (χ1) is 10.6. The summed E-state index contributed by atoms with van der Waals surface area (Å²) in [5.41, 5.74) is 1.04. The summed E-state index contributed by atoms with van der Waals surface area (Å²) in [4.78, 5) is 24.7. The summed E-state index contributed by atoms with van der Waals surface area (Å²) in [6.07, 6.45) is 1.55. The topological polar surface area (TPSA) is 57.6 Å². The molecule has 22 heavy (non-hydrogen) atoms. The molecule has 0 bridgehead atoms. The fourth-order valence-electron chi connectivity index (χ4n) is 2.46. The number of carbonyl (C=O) groups excluding carboxylic acids is 1. The van der Waals surface area contributed by atoms with Gasteiger partial charge in [-0.15, -0.1) is 0 Å². The van der Waals surface area contributed by atoms with Gasteiger partial charge in [0.2, 0.25) is 5.91 Å². The number of thioether (sulfide) groups is 1. The number of amides is 1. The summed E-state index contributed by atoms with van der Waals surface area (Å²) in [5, 5.41) is 8.93. The zero-order valence-corrected chi connectivity index (χ0v) is 13.2. The molecular weight excluding hydrogens is 305 g/mol. The fraction of sp³-hybridized carbons (Fsp3) is 0.500. The zero-order valence-electron chi connectivity index (χ0n) is 12.3. The molecule has 0 aromatic heterocycles. The number of nitrogens with zero attached hydrogens (tertiary/aromatic N) is 1. The Morgan fingerprint density at radius 1 is 1.23 bits per heavy atom. The summed E-state index contributed by atoms with van der Waals surface area (Å²) in [6.45, 7) is 1.08. The third kappa shape index (κ3) is 5.02. The van der Waals surface area contributed by atoms with Crippen molar-refractivity contribution in [3.63, 3.8) is 0 Å². The molecule has 1 saturated heterocycles. The second-order valence-corrected chi connectivity index (χ2v) is 6.53. The minimum atomic E-state index is -0.762. The first kappa shape index (κ1) is 16.8. The van der Waals surface area contributed by atoms with Crippen LogP contribution >= 0.6 is 11.8 Å². The number of likely N-dealkylation sites (tertiary alicyclic amines) is 1. The number of halogens is 1. The predicted octanol–water partition coefficient (Wildman–Crippen LogP) is 2.77. The molecule has 0 unspecified atom stereocenters. The fourth-order valence-corrected chi connectivity index (χ4v) is 3.36. The van der Waals surface area contributed by atoms with Crippen LogP contribution in [0.5, 0.6) is 0 Å². The summed E-state index contributed by atoms with van der Waals surface area (Å²) in [5.74, 6) is 0.256. The lowest BCUT2D eigenvalue weighted by atomic mass is 9.97. The molecule has 1 aliphatic heterocycles. The highest BCUT2D eigenvalue weighted by molar-refractivity contribution is 7.98. The van der Waals surface area contributed by atoms with Crippen molar-refractivity contribution in [2.45, 2.75) is 25.0 Å². The number of piperidine rings is 1. The monoisotopic (exact) mass is 325 g/mol. The highest BCUT2D eigenvalue weighted by Gasteiger charge is 2.26. The minimum Gasteiger partial charge on any atom is -0.481 e. The smallest absolute Gasteiger partial charge is 0.306 e. The molecule has 1 aromatic rings. The van der Waals surface area contributed by atoms with Crippen molar-refractivity contribution in [3.8, 4) is 0 Å². The molecule has 0 radical (unpaired) electrons. The minimum absolute atomic E-state index is 0.0930. The Morgan fingerprint density at radius 3 is 2.45 bits per heavy atom. The Hall–Kier alpha value is -1.56. The average Bonchev–Trinajstić information content (AvgIpc) is 2.53. The van der Waals surface area contributed by atoms with E-state index in [1.54, 1.807) is 28.8 Å². The summed E-state index contributed by atoms with van der Waals surface area (Å²) in [7, 11) is 0.